The molecule has 0 amide bonds. The molecule has 2 aliphatic heterocycles. The van der Waals surface area contributed by atoms with Crippen molar-refractivity contribution in [2.75, 3.05) is 19.8 Å². The second-order valence-electron chi connectivity index (χ2n) is 5.50. The van der Waals surface area contributed by atoms with Crippen molar-refractivity contribution in [1.29, 1.82) is 0 Å². The third-order valence-electron chi connectivity index (χ3n) is 4.09. The molecule has 1 aromatic rings. The summed E-state index contributed by atoms with van der Waals surface area (Å²) in [5.74, 6) is 0.343. The number of hydrogen-bond donors (Lipinski definition) is 2. The molecular formula is C15H19NO4. The predicted octanol–water partition coefficient (Wildman–Crippen LogP) is 1.62. The van der Waals surface area contributed by atoms with E-state index in [1.165, 1.54) is 0 Å². The van der Waals surface area contributed by atoms with Crippen LogP contribution < -0.4 is 14.8 Å². The highest BCUT2D eigenvalue weighted by Crippen LogP contribution is 2.38. The van der Waals surface area contributed by atoms with Gasteiger partial charge in [-0.1, -0.05) is 6.07 Å². The number of fused-ring (bicyclic) bond motifs is 1. The molecule has 0 bridgehead atoms. The summed E-state index contributed by atoms with van der Waals surface area (Å²) in [5.41, 5.74) is 1.02. The molecule has 5 nitrogen and oxygen atoms in total. The lowest BCUT2D eigenvalue weighted by Crippen LogP contribution is -2.44. The quantitative estimate of drug-likeness (QED) is 0.860. The van der Waals surface area contributed by atoms with Gasteiger partial charge in [0.2, 0.25) is 0 Å². The summed E-state index contributed by atoms with van der Waals surface area (Å²) < 4.78 is 11.1. The van der Waals surface area contributed by atoms with E-state index < -0.39 is 11.9 Å². The van der Waals surface area contributed by atoms with Gasteiger partial charge in [0.1, 0.15) is 13.2 Å². The first-order valence-electron chi connectivity index (χ1n) is 7.01. The van der Waals surface area contributed by atoms with Crippen LogP contribution in [0.15, 0.2) is 18.2 Å². The number of carboxylic acid groups (broad SMARTS) is 1. The molecule has 0 radical (unpaired) electrons. The Morgan fingerprint density at radius 1 is 1.30 bits per heavy atom. The van der Waals surface area contributed by atoms with Crippen LogP contribution >= 0.6 is 0 Å². The van der Waals surface area contributed by atoms with E-state index in [0.717, 1.165) is 23.5 Å². The molecule has 108 valence electrons. The summed E-state index contributed by atoms with van der Waals surface area (Å²) in [6, 6.07) is 6.11. The number of aliphatic carboxylic acids is 1. The summed E-state index contributed by atoms with van der Waals surface area (Å²) in [4.78, 5) is 11.4. The topological polar surface area (TPSA) is 67.8 Å². The lowest BCUT2D eigenvalue weighted by atomic mass is 9.78. The lowest BCUT2D eigenvalue weighted by Gasteiger charge is -2.34. The Hall–Kier alpha value is -1.75. The number of carboxylic acids is 1. The smallest absolute Gasteiger partial charge is 0.308 e. The monoisotopic (exact) mass is 277 g/mol. The number of carbonyl (C=O) groups is 1. The second-order valence-corrected chi connectivity index (χ2v) is 5.50. The minimum Gasteiger partial charge on any atom is -0.486 e. The van der Waals surface area contributed by atoms with Crippen molar-refractivity contribution < 1.29 is 19.4 Å². The minimum absolute atomic E-state index is 0.0135. The van der Waals surface area contributed by atoms with Crippen LogP contribution in [0.4, 0.5) is 0 Å². The predicted molar refractivity (Wildman–Crippen MR) is 73.4 cm³/mol. The third kappa shape index (κ3) is 2.45. The number of ether oxygens (including phenoxy) is 2. The summed E-state index contributed by atoms with van der Waals surface area (Å²) in [6.07, 6.45) is 0.816. The number of hydrogen-bond acceptors (Lipinski definition) is 4. The molecule has 3 rings (SSSR count). The van der Waals surface area contributed by atoms with Gasteiger partial charge in [-0.25, -0.2) is 0 Å². The number of nitrogens with one attached hydrogen (secondary N) is 1. The van der Waals surface area contributed by atoms with Crippen molar-refractivity contribution in [2.24, 2.45) is 5.92 Å². The first kappa shape index (κ1) is 13.2. The Labute approximate surface area is 117 Å². The number of benzene rings is 1. The molecule has 2 aliphatic rings. The molecule has 5 heteroatoms. The SMILES string of the molecule is CC1CC(c2ccc3c(c2)OCCO3)C(C(=O)O)CN1. The summed E-state index contributed by atoms with van der Waals surface area (Å²) in [7, 11) is 0. The first-order valence-corrected chi connectivity index (χ1v) is 7.01. The van der Waals surface area contributed by atoms with E-state index in [1.807, 2.05) is 18.2 Å². The second kappa shape index (κ2) is 5.32. The Morgan fingerprint density at radius 3 is 2.80 bits per heavy atom. The summed E-state index contributed by atoms with van der Waals surface area (Å²) in [5, 5.41) is 12.6. The van der Waals surface area contributed by atoms with Crippen LogP contribution in [0.3, 0.4) is 0 Å². The van der Waals surface area contributed by atoms with Crippen LogP contribution in [0.2, 0.25) is 0 Å². The van der Waals surface area contributed by atoms with E-state index >= 15 is 0 Å². The third-order valence-corrected chi connectivity index (χ3v) is 4.09. The van der Waals surface area contributed by atoms with Gasteiger partial charge in [-0.3, -0.25) is 4.79 Å². The Bertz CT molecular complexity index is 517. The number of rotatable bonds is 2. The molecule has 0 aromatic heterocycles. The fourth-order valence-electron chi connectivity index (χ4n) is 3.02. The molecule has 0 aliphatic carbocycles. The van der Waals surface area contributed by atoms with Gasteiger partial charge in [-0.15, -0.1) is 0 Å². The highest BCUT2D eigenvalue weighted by atomic mass is 16.6. The van der Waals surface area contributed by atoms with Crippen LogP contribution in [0.1, 0.15) is 24.8 Å². The normalized spacial score (nSPS) is 28.9. The number of piperidine rings is 1. The standard InChI is InChI=1S/C15H19NO4/c1-9-6-11(12(8-16-9)15(17)18)10-2-3-13-14(7-10)20-5-4-19-13/h2-3,7,9,11-12,16H,4-6,8H2,1H3,(H,17,18). The fraction of sp³-hybridized carbons (Fsp3) is 0.533. The summed E-state index contributed by atoms with van der Waals surface area (Å²) >= 11 is 0. The fourth-order valence-corrected chi connectivity index (χ4v) is 3.02. The molecule has 2 N–H and O–H groups in total. The molecule has 3 unspecified atom stereocenters. The van der Waals surface area contributed by atoms with Crippen molar-refractivity contribution in [3.05, 3.63) is 23.8 Å². The molecule has 20 heavy (non-hydrogen) atoms. The van der Waals surface area contributed by atoms with Gasteiger partial charge in [0, 0.05) is 12.6 Å². The zero-order valence-electron chi connectivity index (χ0n) is 11.5. The Kier molecular flexibility index (Phi) is 3.53. The van der Waals surface area contributed by atoms with E-state index in [0.29, 0.717) is 25.8 Å². The molecule has 1 fully saturated rings. The molecule has 3 atom stereocenters. The highest BCUT2D eigenvalue weighted by molar-refractivity contribution is 5.72. The summed E-state index contributed by atoms with van der Waals surface area (Å²) in [6.45, 7) is 3.70. The minimum atomic E-state index is -0.746. The van der Waals surface area contributed by atoms with Crippen LogP contribution in [0.5, 0.6) is 11.5 Å². The molecule has 0 saturated carbocycles. The maximum Gasteiger partial charge on any atom is 0.308 e. The van der Waals surface area contributed by atoms with Crippen LogP contribution in [-0.2, 0) is 4.79 Å². The van der Waals surface area contributed by atoms with Crippen molar-refractivity contribution in [2.45, 2.75) is 25.3 Å². The largest absolute Gasteiger partial charge is 0.486 e. The highest BCUT2D eigenvalue weighted by Gasteiger charge is 2.35. The Balaban J connectivity index is 1.90. The van der Waals surface area contributed by atoms with Gasteiger partial charge in [0.05, 0.1) is 5.92 Å². The van der Waals surface area contributed by atoms with Crippen LogP contribution in [0, 0.1) is 5.92 Å². The molecule has 0 spiro atoms. The average Bonchev–Trinajstić information content (AvgIpc) is 2.46. The molecular weight excluding hydrogens is 258 g/mol. The van der Waals surface area contributed by atoms with Gasteiger partial charge < -0.3 is 19.9 Å². The van der Waals surface area contributed by atoms with Crippen LogP contribution in [-0.4, -0.2) is 36.9 Å². The van der Waals surface area contributed by atoms with Crippen molar-refractivity contribution in [3.8, 4) is 11.5 Å². The maximum atomic E-state index is 11.4. The molecule has 1 aromatic carbocycles. The first-order chi connectivity index (χ1) is 9.65. The maximum absolute atomic E-state index is 11.4. The van der Waals surface area contributed by atoms with E-state index in [9.17, 15) is 9.90 Å². The van der Waals surface area contributed by atoms with Crippen LogP contribution in [0.25, 0.3) is 0 Å². The van der Waals surface area contributed by atoms with Gasteiger partial charge in [-0.05, 0) is 37.0 Å². The lowest BCUT2D eigenvalue weighted by molar-refractivity contribution is -0.143. The van der Waals surface area contributed by atoms with Crippen molar-refractivity contribution in [3.63, 3.8) is 0 Å². The zero-order valence-corrected chi connectivity index (χ0v) is 11.5. The van der Waals surface area contributed by atoms with E-state index in [-0.39, 0.29) is 5.92 Å². The van der Waals surface area contributed by atoms with Crippen molar-refractivity contribution >= 4 is 5.97 Å². The average molecular weight is 277 g/mol. The van der Waals surface area contributed by atoms with Gasteiger partial charge >= 0.3 is 5.97 Å². The van der Waals surface area contributed by atoms with Crippen molar-refractivity contribution in [1.82, 2.24) is 5.32 Å². The zero-order chi connectivity index (χ0) is 14.1. The molecule has 2 heterocycles. The van der Waals surface area contributed by atoms with Gasteiger partial charge in [0.15, 0.2) is 11.5 Å². The molecule has 1 saturated heterocycles. The van der Waals surface area contributed by atoms with Gasteiger partial charge in [0.25, 0.3) is 0 Å². The van der Waals surface area contributed by atoms with E-state index in [2.05, 4.69) is 12.2 Å². The van der Waals surface area contributed by atoms with E-state index in [4.69, 9.17) is 9.47 Å². The Morgan fingerprint density at radius 2 is 2.05 bits per heavy atom. The van der Waals surface area contributed by atoms with E-state index in [1.54, 1.807) is 0 Å². The van der Waals surface area contributed by atoms with Gasteiger partial charge in [-0.2, -0.15) is 0 Å².